The molecular formula is C17H21N3O4. The number of amides is 1. The molecule has 0 radical (unpaired) electrons. The summed E-state index contributed by atoms with van der Waals surface area (Å²) in [5.41, 5.74) is 2.29. The number of ether oxygens (including phenoxy) is 1. The Morgan fingerprint density at radius 2 is 2.04 bits per heavy atom. The fraction of sp³-hybridized carbons (Fsp3) is 0.353. The fourth-order valence-corrected chi connectivity index (χ4v) is 2.32. The highest BCUT2D eigenvalue weighted by Gasteiger charge is 2.17. The van der Waals surface area contributed by atoms with E-state index >= 15 is 0 Å². The van der Waals surface area contributed by atoms with Gasteiger partial charge in [-0.15, -0.1) is 0 Å². The molecule has 7 nitrogen and oxygen atoms in total. The molecule has 0 unspecified atom stereocenters. The number of rotatable bonds is 9. The summed E-state index contributed by atoms with van der Waals surface area (Å²) in [7, 11) is 0. The number of aromatic nitrogens is 2. The monoisotopic (exact) mass is 331 g/mol. The van der Waals surface area contributed by atoms with Gasteiger partial charge in [0.25, 0.3) is 5.91 Å². The van der Waals surface area contributed by atoms with Gasteiger partial charge in [0.05, 0.1) is 29.7 Å². The van der Waals surface area contributed by atoms with Crippen LogP contribution in [-0.4, -0.2) is 46.5 Å². The Morgan fingerprint density at radius 1 is 1.29 bits per heavy atom. The molecule has 1 aromatic carbocycles. The second-order valence-corrected chi connectivity index (χ2v) is 5.20. The lowest BCUT2D eigenvalue weighted by molar-refractivity contribution is -0.142. The number of carbonyl (C=O) groups excluding carboxylic acids is 1. The number of benzene rings is 1. The standard InChI is InChI=1S/C17H21N3O4/c1-2-6-15-14(17(23)18-9-10-24-12-16(21)22)11-19-20(15)13-7-4-3-5-8-13/h3-5,7-8,11H,2,6,9-10,12H2,1H3,(H,18,23)(H,21,22). The van der Waals surface area contributed by atoms with Gasteiger partial charge in [-0.05, 0) is 18.6 Å². The van der Waals surface area contributed by atoms with Crippen LogP contribution in [0.15, 0.2) is 36.5 Å². The largest absolute Gasteiger partial charge is 0.480 e. The molecule has 1 amide bonds. The topological polar surface area (TPSA) is 93.4 Å². The number of hydrogen-bond donors (Lipinski definition) is 2. The van der Waals surface area contributed by atoms with Crippen LogP contribution in [0.2, 0.25) is 0 Å². The van der Waals surface area contributed by atoms with Gasteiger partial charge in [-0.25, -0.2) is 9.48 Å². The Kier molecular flexibility index (Phi) is 6.51. The number of aliphatic carboxylic acids is 1. The maximum atomic E-state index is 12.3. The Labute approximate surface area is 140 Å². The van der Waals surface area contributed by atoms with Crippen molar-refractivity contribution in [2.45, 2.75) is 19.8 Å². The molecule has 0 aliphatic carbocycles. The summed E-state index contributed by atoms with van der Waals surface area (Å²) in [6.45, 7) is 2.06. The van der Waals surface area contributed by atoms with Crippen molar-refractivity contribution in [2.75, 3.05) is 19.8 Å². The minimum Gasteiger partial charge on any atom is -0.480 e. The van der Waals surface area contributed by atoms with Crippen molar-refractivity contribution >= 4 is 11.9 Å². The van der Waals surface area contributed by atoms with Crippen molar-refractivity contribution in [2.24, 2.45) is 0 Å². The maximum absolute atomic E-state index is 12.3. The molecule has 0 bridgehead atoms. The molecule has 0 aliphatic heterocycles. The van der Waals surface area contributed by atoms with Crippen LogP contribution in [0, 0.1) is 0 Å². The molecule has 0 aliphatic rings. The van der Waals surface area contributed by atoms with E-state index < -0.39 is 5.97 Å². The summed E-state index contributed by atoms with van der Waals surface area (Å²) < 4.78 is 6.68. The third kappa shape index (κ3) is 4.66. The van der Waals surface area contributed by atoms with Gasteiger partial charge in [0, 0.05) is 6.54 Å². The summed E-state index contributed by atoms with van der Waals surface area (Å²) in [5.74, 6) is -1.27. The Hall–Kier alpha value is -2.67. The second kappa shape index (κ2) is 8.83. The van der Waals surface area contributed by atoms with E-state index in [9.17, 15) is 9.59 Å². The highest BCUT2D eigenvalue weighted by Crippen LogP contribution is 2.16. The second-order valence-electron chi connectivity index (χ2n) is 5.20. The lowest BCUT2D eigenvalue weighted by atomic mass is 10.1. The lowest BCUT2D eigenvalue weighted by Gasteiger charge is -2.09. The molecule has 0 fully saturated rings. The molecule has 0 saturated carbocycles. The quantitative estimate of drug-likeness (QED) is 0.682. The smallest absolute Gasteiger partial charge is 0.329 e. The molecule has 2 aromatic rings. The van der Waals surface area contributed by atoms with Crippen molar-refractivity contribution in [1.29, 1.82) is 0 Å². The normalized spacial score (nSPS) is 10.5. The van der Waals surface area contributed by atoms with Crippen LogP contribution in [0.3, 0.4) is 0 Å². The molecule has 24 heavy (non-hydrogen) atoms. The van der Waals surface area contributed by atoms with Crippen LogP contribution >= 0.6 is 0 Å². The minimum atomic E-state index is -1.03. The van der Waals surface area contributed by atoms with Crippen molar-refractivity contribution in [3.63, 3.8) is 0 Å². The van der Waals surface area contributed by atoms with Gasteiger partial charge in [-0.1, -0.05) is 31.5 Å². The van der Waals surface area contributed by atoms with Crippen LogP contribution < -0.4 is 5.32 Å². The van der Waals surface area contributed by atoms with E-state index in [1.54, 1.807) is 10.9 Å². The van der Waals surface area contributed by atoms with Crippen molar-refractivity contribution in [1.82, 2.24) is 15.1 Å². The Balaban J connectivity index is 2.05. The van der Waals surface area contributed by atoms with Gasteiger partial charge in [0.2, 0.25) is 0 Å². The maximum Gasteiger partial charge on any atom is 0.329 e. The molecule has 1 aromatic heterocycles. The summed E-state index contributed by atoms with van der Waals surface area (Å²) in [6, 6.07) is 9.65. The molecule has 7 heteroatoms. The summed E-state index contributed by atoms with van der Waals surface area (Å²) in [5, 5.41) is 15.5. The zero-order valence-corrected chi connectivity index (χ0v) is 13.6. The van der Waals surface area contributed by atoms with Gasteiger partial charge in [0.15, 0.2) is 0 Å². The third-order valence-electron chi connectivity index (χ3n) is 3.36. The van der Waals surface area contributed by atoms with E-state index in [4.69, 9.17) is 9.84 Å². The van der Waals surface area contributed by atoms with Crippen LogP contribution in [0.5, 0.6) is 0 Å². The number of carboxylic acid groups (broad SMARTS) is 1. The van der Waals surface area contributed by atoms with E-state index in [1.807, 2.05) is 37.3 Å². The van der Waals surface area contributed by atoms with Gasteiger partial charge in [-0.3, -0.25) is 4.79 Å². The van der Waals surface area contributed by atoms with Crippen molar-refractivity contribution in [3.05, 3.63) is 47.8 Å². The van der Waals surface area contributed by atoms with E-state index in [-0.39, 0.29) is 25.7 Å². The number of hydrogen-bond acceptors (Lipinski definition) is 4. The first-order chi connectivity index (χ1) is 11.6. The molecular weight excluding hydrogens is 310 g/mol. The predicted octanol–water partition coefficient (Wildman–Crippen LogP) is 1.66. The Morgan fingerprint density at radius 3 is 2.71 bits per heavy atom. The summed E-state index contributed by atoms with van der Waals surface area (Å²) >= 11 is 0. The van der Waals surface area contributed by atoms with Gasteiger partial charge < -0.3 is 15.2 Å². The van der Waals surface area contributed by atoms with Crippen LogP contribution in [-0.2, 0) is 16.0 Å². The first kappa shape index (κ1) is 17.7. The van der Waals surface area contributed by atoms with Crippen LogP contribution in [0.25, 0.3) is 5.69 Å². The average Bonchev–Trinajstić information content (AvgIpc) is 2.99. The number of carboxylic acids is 1. The van der Waals surface area contributed by atoms with E-state index in [2.05, 4.69) is 10.4 Å². The lowest BCUT2D eigenvalue weighted by Crippen LogP contribution is -2.28. The first-order valence-electron chi connectivity index (χ1n) is 7.83. The highest BCUT2D eigenvalue weighted by atomic mass is 16.5. The van der Waals surface area contributed by atoms with E-state index in [1.165, 1.54) is 0 Å². The number of nitrogens with one attached hydrogen (secondary N) is 1. The summed E-state index contributed by atoms with van der Waals surface area (Å²) in [6.07, 6.45) is 3.18. The van der Waals surface area contributed by atoms with Gasteiger partial charge >= 0.3 is 5.97 Å². The van der Waals surface area contributed by atoms with Crippen molar-refractivity contribution in [3.8, 4) is 5.69 Å². The number of nitrogens with zero attached hydrogens (tertiary/aromatic N) is 2. The predicted molar refractivity (Wildman–Crippen MR) is 88.3 cm³/mol. The zero-order chi connectivity index (χ0) is 17.4. The van der Waals surface area contributed by atoms with Crippen molar-refractivity contribution < 1.29 is 19.4 Å². The van der Waals surface area contributed by atoms with E-state index in [0.717, 1.165) is 24.2 Å². The minimum absolute atomic E-state index is 0.147. The molecule has 2 rings (SSSR count). The zero-order valence-electron chi connectivity index (χ0n) is 13.6. The molecule has 128 valence electrons. The van der Waals surface area contributed by atoms with Crippen LogP contribution in [0.1, 0.15) is 29.4 Å². The summed E-state index contributed by atoms with van der Waals surface area (Å²) in [4.78, 5) is 22.7. The number of para-hydroxylation sites is 1. The average molecular weight is 331 g/mol. The SMILES string of the molecule is CCCc1c(C(=O)NCCOCC(=O)O)cnn1-c1ccccc1. The van der Waals surface area contributed by atoms with E-state index in [0.29, 0.717) is 5.56 Å². The molecule has 0 saturated heterocycles. The molecule has 1 heterocycles. The fourth-order valence-electron chi connectivity index (χ4n) is 2.32. The molecule has 0 atom stereocenters. The number of carbonyl (C=O) groups is 2. The van der Waals surface area contributed by atoms with Gasteiger partial charge in [0.1, 0.15) is 6.61 Å². The van der Waals surface area contributed by atoms with Crippen LogP contribution in [0.4, 0.5) is 0 Å². The highest BCUT2D eigenvalue weighted by molar-refractivity contribution is 5.95. The van der Waals surface area contributed by atoms with Gasteiger partial charge in [-0.2, -0.15) is 5.10 Å². The molecule has 2 N–H and O–H groups in total. The Bertz CT molecular complexity index is 682. The third-order valence-corrected chi connectivity index (χ3v) is 3.36. The molecule has 0 spiro atoms. The first-order valence-corrected chi connectivity index (χ1v) is 7.83.